The molecule has 0 radical (unpaired) electrons. The Balaban J connectivity index is 2.87. The second-order valence-electron chi connectivity index (χ2n) is 6.21. The van der Waals surface area contributed by atoms with E-state index in [1.807, 2.05) is 0 Å². The van der Waals surface area contributed by atoms with Crippen LogP contribution in [0.15, 0.2) is 18.2 Å². The number of hydrogen-bond acceptors (Lipinski definition) is 1. The van der Waals surface area contributed by atoms with Crippen molar-refractivity contribution in [2.75, 3.05) is 6.54 Å². The molecule has 0 spiro atoms. The Kier molecular flexibility index (Phi) is 7.91. The average Bonchev–Trinajstić information content (AvgIpc) is 2.46. The smallest absolute Gasteiger partial charge is 0.0320 e. The van der Waals surface area contributed by atoms with Crippen molar-refractivity contribution in [3.8, 4) is 0 Å². The van der Waals surface area contributed by atoms with Crippen LogP contribution in [0.4, 0.5) is 0 Å². The van der Waals surface area contributed by atoms with Crippen LogP contribution in [0, 0.1) is 5.92 Å². The number of hydrogen-bond donors (Lipinski definition) is 1. The lowest BCUT2D eigenvalue weighted by atomic mass is 9.93. The van der Waals surface area contributed by atoms with E-state index in [-0.39, 0.29) is 0 Å². The first kappa shape index (κ1) is 17.2. The highest BCUT2D eigenvalue weighted by molar-refractivity contribution is 5.33. The SMILES string of the molecule is CCCNC(CCC(C)C)c1ccc(CC)c(CC)c1. The summed E-state index contributed by atoms with van der Waals surface area (Å²) in [5.41, 5.74) is 4.51. The Labute approximate surface area is 126 Å². The fraction of sp³-hybridized carbons (Fsp3) is 0.684. The van der Waals surface area contributed by atoms with E-state index in [2.05, 4.69) is 58.1 Å². The van der Waals surface area contributed by atoms with Crippen molar-refractivity contribution < 1.29 is 0 Å². The maximum Gasteiger partial charge on any atom is 0.0320 e. The normalized spacial score (nSPS) is 12.9. The van der Waals surface area contributed by atoms with Crippen molar-refractivity contribution in [3.05, 3.63) is 34.9 Å². The monoisotopic (exact) mass is 275 g/mol. The lowest BCUT2D eigenvalue weighted by molar-refractivity contribution is 0.440. The molecule has 0 aliphatic carbocycles. The molecule has 20 heavy (non-hydrogen) atoms. The summed E-state index contributed by atoms with van der Waals surface area (Å²) in [6, 6.07) is 7.64. The lowest BCUT2D eigenvalue weighted by Gasteiger charge is -2.21. The standard InChI is InChI=1S/C19H33N/c1-6-13-20-19(12-9-15(4)5)18-11-10-16(7-2)17(8-3)14-18/h10-11,14-15,19-20H,6-9,12-13H2,1-5H3. The van der Waals surface area contributed by atoms with Gasteiger partial charge in [-0.15, -0.1) is 0 Å². The van der Waals surface area contributed by atoms with Gasteiger partial charge < -0.3 is 5.32 Å². The van der Waals surface area contributed by atoms with Gasteiger partial charge in [-0.1, -0.05) is 52.8 Å². The molecular weight excluding hydrogens is 242 g/mol. The Bertz CT molecular complexity index is 381. The quantitative estimate of drug-likeness (QED) is 0.646. The molecule has 1 nitrogen and oxygen atoms in total. The predicted molar refractivity (Wildman–Crippen MR) is 90.3 cm³/mol. The second kappa shape index (κ2) is 9.18. The van der Waals surface area contributed by atoms with Gasteiger partial charge in [0, 0.05) is 6.04 Å². The second-order valence-corrected chi connectivity index (χ2v) is 6.21. The Morgan fingerprint density at radius 3 is 2.20 bits per heavy atom. The molecule has 1 aromatic carbocycles. The van der Waals surface area contributed by atoms with Crippen molar-refractivity contribution in [1.82, 2.24) is 5.32 Å². The van der Waals surface area contributed by atoms with Gasteiger partial charge in [0.25, 0.3) is 0 Å². The van der Waals surface area contributed by atoms with Gasteiger partial charge in [0.2, 0.25) is 0 Å². The first-order valence-electron chi connectivity index (χ1n) is 8.47. The maximum absolute atomic E-state index is 3.73. The number of nitrogens with one attached hydrogen (secondary N) is 1. The van der Waals surface area contributed by atoms with Crippen molar-refractivity contribution in [2.45, 2.75) is 72.8 Å². The highest BCUT2D eigenvalue weighted by Crippen LogP contribution is 2.24. The van der Waals surface area contributed by atoms with Crippen LogP contribution in [0.2, 0.25) is 0 Å². The molecule has 114 valence electrons. The minimum absolute atomic E-state index is 0.522. The fourth-order valence-corrected chi connectivity index (χ4v) is 2.74. The third-order valence-corrected chi connectivity index (χ3v) is 4.07. The molecule has 0 aliphatic rings. The van der Waals surface area contributed by atoms with E-state index in [0.717, 1.165) is 25.3 Å². The summed E-state index contributed by atoms with van der Waals surface area (Å²) in [7, 11) is 0. The van der Waals surface area contributed by atoms with Crippen LogP contribution in [0.25, 0.3) is 0 Å². The van der Waals surface area contributed by atoms with Crippen LogP contribution in [0.5, 0.6) is 0 Å². The van der Waals surface area contributed by atoms with Gasteiger partial charge in [0.1, 0.15) is 0 Å². The molecule has 0 saturated carbocycles. The van der Waals surface area contributed by atoms with E-state index in [1.54, 1.807) is 0 Å². The van der Waals surface area contributed by atoms with Gasteiger partial charge in [-0.2, -0.15) is 0 Å². The first-order valence-corrected chi connectivity index (χ1v) is 8.47. The Morgan fingerprint density at radius 1 is 0.950 bits per heavy atom. The topological polar surface area (TPSA) is 12.0 Å². The molecule has 1 rings (SSSR count). The largest absolute Gasteiger partial charge is 0.310 e. The van der Waals surface area contributed by atoms with Crippen molar-refractivity contribution in [2.24, 2.45) is 5.92 Å². The van der Waals surface area contributed by atoms with Crippen LogP contribution < -0.4 is 5.32 Å². The van der Waals surface area contributed by atoms with Gasteiger partial charge >= 0.3 is 0 Å². The summed E-state index contributed by atoms with van der Waals surface area (Å²) >= 11 is 0. The molecule has 0 amide bonds. The predicted octanol–water partition coefficient (Wildman–Crippen LogP) is 5.29. The molecule has 0 aromatic heterocycles. The summed E-state index contributed by atoms with van der Waals surface area (Å²) in [6.45, 7) is 12.5. The minimum Gasteiger partial charge on any atom is -0.310 e. The van der Waals surface area contributed by atoms with Crippen molar-refractivity contribution in [1.29, 1.82) is 0 Å². The van der Waals surface area contributed by atoms with Gasteiger partial charge in [-0.3, -0.25) is 0 Å². The molecule has 0 saturated heterocycles. The number of rotatable bonds is 9. The van der Waals surface area contributed by atoms with Crippen molar-refractivity contribution >= 4 is 0 Å². The molecule has 1 heteroatoms. The van der Waals surface area contributed by atoms with Crippen LogP contribution >= 0.6 is 0 Å². The minimum atomic E-state index is 0.522. The van der Waals surface area contributed by atoms with E-state index < -0.39 is 0 Å². The third-order valence-electron chi connectivity index (χ3n) is 4.07. The number of aryl methyl sites for hydroxylation is 2. The number of benzene rings is 1. The van der Waals surface area contributed by atoms with Gasteiger partial charge in [-0.05, 0) is 61.3 Å². The molecule has 0 heterocycles. The third kappa shape index (κ3) is 5.28. The first-order chi connectivity index (χ1) is 9.62. The lowest BCUT2D eigenvalue weighted by Crippen LogP contribution is -2.22. The Hall–Kier alpha value is -0.820. The molecule has 1 unspecified atom stereocenters. The van der Waals surface area contributed by atoms with E-state index in [1.165, 1.54) is 36.0 Å². The zero-order valence-electron chi connectivity index (χ0n) is 14.1. The van der Waals surface area contributed by atoms with Crippen LogP contribution in [-0.2, 0) is 12.8 Å². The molecule has 1 atom stereocenters. The summed E-state index contributed by atoms with van der Waals surface area (Å²) < 4.78 is 0. The van der Waals surface area contributed by atoms with Crippen LogP contribution in [-0.4, -0.2) is 6.54 Å². The van der Waals surface area contributed by atoms with E-state index in [4.69, 9.17) is 0 Å². The zero-order valence-corrected chi connectivity index (χ0v) is 14.1. The summed E-state index contributed by atoms with van der Waals surface area (Å²) in [6.07, 6.45) is 6.01. The van der Waals surface area contributed by atoms with Gasteiger partial charge in [0.05, 0.1) is 0 Å². The fourth-order valence-electron chi connectivity index (χ4n) is 2.74. The van der Waals surface area contributed by atoms with E-state index in [9.17, 15) is 0 Å². The zero-order chi connectivity index (χ0) is 15.0. The van der Waals surface area contributed by atoms with E-state index >= 15 is 0 Å². The van der Waals surface area contributed by atoms with Crippen LogP contribution in [0.1, 0.15) is 76.6 Å². The van der Waals surface area contributed by atoms with E-state index in [0.29, 0.717) is 6.04 Å². The summed E-state index contributed by atoms with van der Waals surface area (Å²) in [5, 5.41) is 3.73. The molecule has 0 fully saturated rings. The molecular formula is C19H33N. The van der Waals surface area contributed by atoms with Crippen LogP contribution in [0.3, 0.4) is 0 Å². The summed E-state index contributed by atoms with van der Waals surface area (Å²) in [5.74, 6) is 0.779. The molecule has 1 aromatic rings. The van der Waals surface area contributed by atoms with Gasteiger partial charge in [-0.25, -0.2) is 0 Å². The van der Waals surface area contributed by atoms with Gasteiger partial charge in [0.15, 0.2) is 0 Å². The highest BCUT2D eigenvalue weighted by atomic mass is 14.9. The highest BCUT2D eigenvalue weighted by Gasteiger charge is 2.13. The maximum atomic E-state index is 3.73. The molecule has 0 aliphatic heterocycles. The van der Waals surface area contributed by atoms with Crippen molar-refractivity contribution in [3.63, 3.8) is 0 Å². The summed E-state index contributed by atoms with van der Waals surface area (Å²) in [4.78, 5) is 0. The average molecular weight is 275 g/mol. The molecule has 1 N–H and O–H groups in total. The Morgan fingerprint density at radius 2 is 1.65 bits per heavy atom. The molecule has 0 bridgehead atoms.